The molecule has 4 heterocycles. The second-order valence-electron chi connectivity index (χ2n) is 14.3. The Kier molecular flexibility index (Phi) is 17.0. The molecule has 1 aromatic carbocycles. The van der Waals surface area contributed by atoms with Crippen molar-refractivity contribution in [3.8, 4) is 33.8 Å². The van der Waals surface area contributed by atoms with Crippen molar-refractivity contribution in [3.63, 3.8) is 0 Å². The van der Waals surface area contributed by atoms with Crippen molar-refractivity contribution in [3.05, 3.63) is 78.8 Å². The molecule has 1 saturated heterocycles. The third-order valence-electron chi connectivity index (χ3n) is 10.3. The number of aromatic amines is 1. The summed E-state index contributed by atoms with van der Waals surface area (Å²) in [7, 11) is 0. The fraction of sp³-hybridized carbons (Fsp3) is 0.523. The first-order valence-electron chi connectivity index (χ1n) is 20.2. The van der Waals surface area contributed by atoms with Gasteiger partial charge in [-0.05, 0) is 61.2 Å². The number of hydrogen-bond donors (Lipinski definition) is 1. The van der Waals surface area contributed by atoms with E-state index in [0.29, 0.717) is 38.0 Å². The topological polar surface area (TPSA) is 110 Å². The van der Waals surface area contributed by atoms with E-state index in [2.05, 4.69) is 27.1 Å². The zero-order chi connectivity index (χ0) is 36.9. The molecular weight excluding hydrogens is 663 g/mol. The van der Waals surface area contributed by atoms with Gasteiger partial charge in [-0.2, -0.15) is 5.10 Å². The van der Waals surface area contributed by atoms with Gasteiger partial charge in [0.05, 0.1) is 23.3 Å². The lowest BCUT2D eigenvalue weighted by Crippen LogP contribution is -2.45. The van der Waals surface area contributed by atoms with Crippen molar-refractivity contribution >= 4 is 11.9 Å². The van der Waals surface area contributed by atoms with Crippen LogP contribution < -0.4 is 0 Å². The van der Waals surface area contributed by atoms with E-state index in [1.165, 1.54) is 77.0 Å². The molecule has 1 aliphatic rings. The van der Waals surface area contributed by atoms with Crippen LogP contribution in [0, 0.1) is 0 Å². The molecule has 9 nitrogen and oxygen atoms in total. The highest BCUT2D eigenvalue weighted by atomic mass is 16.5. The number of H-pyrrole nitrogens is 1. The van der Waals surface area contributed by atoms with Crippen molar-refractivity contribution in [2.24, 2.45) is 0 Å². The van der Waals surface area contributed by atoms with Crippen LogP contribution in [0.4, 0.5) is 0 Å². The Morgan fingerprint density at radius 2 is 1.40 bits per heavy atom. The molecule has 1 fully saturated rings. The Morgan fingerprint density at radius 1 is 0.755 bits per heavy atom. The first-order chi connectivity index (χ1) is 26.1. The number of nitrogens with one attached hydrogen (secondary N) is 1. The third-order valence-corrected chi connectivity index (χ3v) is 10.3. The maximum Gasteiger partial charge on any atom is 0.307 e. The summed E-state index contributed by atoms with van der Waals surface area (Å²) in [6.07, 6.45) is 26.4. The number of nitrogens with zero attached hydrogens (tertiary/aromatic N) is 4. The van der Waals surface area contributed by atoms with E-state index in [1.54, 1.807) is 23.5 Å². The van der Waals surface area contributed by atoms with E-state index in [4.69, 9.17) is 9.47 Å². The highest BCUT2D eigenvalue weighted by molar-refractivity contribution is 5.95. The number of unbranched alkanes of at least 4 members (excludes halogenated alkanes) is 14. The summed E-state index contributed by atoms with van der Waals surface area (Å²) in [5, 5.41) is 7.34. The number of esters is 1. The van der Waals surface area contributed by atoms with Crippen LogP contribution in [-0.4, -0.2) is 62.9 Å². The SMILES string of the molecule is CCCCCCCCCCCCCCCCCC(=O)OCN(C(=O)c1ccc(-c2cc(-c3cn[nH]c3-c3ccccn3)ccn2)cc1)C1CCOCC1. The number of carbonyl (C=O) groups is 2. The molecule has 9 heteroatoms. The highest BCUT2D eigenvalue weighted by Gasteiger charge is 2.28. The van der Waals surface area contributed by atoms with Crippen LogP contribution in [0.3, 0.4) is 0 Å². The van der Waals surface area contributed by atoms with Crippen LogP contribution in [0.1, 0.15) is 133 Å². The molecule has 284 valence electrons. The minimum Gasteiger partial charge on any atom is -0.444 e. The molecule has 53 heavy (non-hydrogen) atoms. The molecule has 0 aliphatic carbocycles. The molecule has 0 spiro atoms. The van der Waals surface area contributed by atoms with E-state index < -0.39 is 0 Å². The molecule has 1 aliphatic heterocycles. The van der Waals surface area contributed by atoms with Crippen molar-refractivity contribution in [1.82, 2.24) is 25.1 Å². The molecule has 1 N–H and O–H groups in total. The molecule has 0 radical (unpaired) electrons. The number of carbonyl (C=O) groups excluding carboxylic acids is 2. The van der Waals surface area contributed by atoms with Crippen LogP contribution in [0.15, 0.2) is 73.2 Å². The highest BCUT2D eigenvalue weighted by Crippen LogP contribution is 2.31. The minimum absolute atomic E-state index is 0.0453. The fourth-order valence-electron chi connectivity index (χ4n) is 7.10. The maximum absolute atomic E-state index is 13.9. The molecule has 0 bridgehead atoms. The second kappa shape index (κ2) is 22.6. The number of amides is 1. The molecule has 5 rings (SSSR count). The Labute approximate surface area is 316 Å². The Balaban J connectivity index is 1.06. The summed E-state index contributed by atoms with van der Waals surface area (Å²) in [5.74, 6) is -0.391. The van der Waals surface area contributed by atoms with Gasteiger partial charge in [0.15, 0.2) is 6.73 Å². The summed E-state index contributed by atoms with van der Waals surface area (Å²) in [5.41, 5.74) is 5.75. The average molecular weight is 722 g/mol. The van der Waals surface area contributed by atoms with Gasteiger partial charge >= 0.3 is 5.97 Å². The summed E-state index contributed by atoms with van der Waals surface area (Å²) in [6.45, 7) is 3.39. The lowest BCUT2D eigenvalue weighted by atomic mass is 10.0. The summed E-state index contributed by atoms with van der Waals surface area (Å²) in [6, 6.07) is 17.2. The predicted octanol–water partition coefficient (Wildman–Crippen LogP) is 10.6. The van der Waals surface area contributed by atoms with Crippen LogP contribution in [0.25, 0.3) is 33.8 Å². The lowest BCUT2D eigenvalue weighted by Gasteiger charge is -2.33. The van der Waals surface area contributed by atoms with Crippen molar-refractivity contribution in [2.45, 2.75) is 129 Å². The van der Waals surface area contributed by atoms with Crippen molar-refractivity contribution in [2.75, 3.05) is 19.9 Å². The van der Waals surface area contributed by atoms with Crippen molar-refractivity contribution in [1.29, 1.82) is 0 Å². The van der Waals surface area contributed by atoms with E-state index in [-0.39, 0.29) is 24.6 Å². The van der Waals surface area contributed by atoms with Gasteiger partial charge in [0, 0.05) is 54.8 Å². The fourth-order valence-corrected chi connectivity index (χ4v) is 7.10. The number of rotatable bonds is 23. The second-order valence-corrected chi connectivity index (χ2v) is 14.3. The molecule has 3 aromatic heterocycles. The van der Waals surface area contributed by atoms with Crippen molar-refractivity contribution < 1.29 is 19.1 Å². The molecule has 0 saturated carbocycles. The first-order valence-corrected chi connectivity index (χ1v) is 20.2. The minimum atomic E-state index is -0.241. The Hall–Kier alpha value is -4.37. The molecular formula is C44H59N5O4. The van der Waals surface area contributed by atoms with E-state index in [0.717, 1.165) is 53.0 Å². The van der Waals surface area contributed by atoms with E-state index in [1.807, 2.05) is 54.6 Å². The summed E-state index contributed by atoms with van der Waals surface area (Å²) < 4.78 is 11.3. The number of pyridine rings is 2. The summed E-state index contributed by atoms with van der Waals surface area (Å²) in [4.78, 5) is 37.4. The molecule has 1 amide bonds. The first kappa shape index (κ1) is 39.8. The molecule has 4 aromatic rings. The molecule has 0 unspecified atom stereocenters. The van der Waals surface area contributed by atoms with E-state index >= 15 is 0 Å². The van der Waals surface area contributed by atoms with Crippen LogP contribution >= 0.6 is 0 Å². The smallest absolute Gasteiger partial charge is 0.307 e. The van der Waals surface area contributed by atoms with Gasteiger partial charge in [0.25, 0.3) is 5.91 Å². The van der Waals surface area contributed by atoms with Gasteiger partial charge in [-0.1, -0.05) is 115 Å². The number of hydrogen-bond acceptors (Lipinski definition) is 7. The number of aromatic nitrogens is 4. The summed E-state index contributed by atoms with van der Waals surface area (Å²) >= 11 is 0. The lowest BCUT2D eigenvalue weighted by molar-refractivity contribution is -0.148. The number of benzene rings is 1. The van der Waals surface area contributed by atoms with Gasteiger partial charge in [-0.15, -0.1) is 0 Å². The molecule has 0 atom stereocenters. The van der Waals surface area contributed by atoms with Crippen LogP contribution in [0.5, 0.6) is 0 Å². The van der Waals surface area contributed by atoms with Gasteiger partial charge in [0.1, 0.15) is 0 Å². The quantitative estimate of drug-likeness (QED) is 0.0461. The van der Waals surface area contributed by atoms with Gasteiger partial charge in [-0.3, -0.25) is 24.7 Å². The Morgan fingerprint density at radius 3 is 2.04 bits per heavy atom. The van der Waals surface area contributed by atoms with Crippen LogP contribution in [-0.2, 0) is 14.3 Å². The maximum atomic E-state index is 13.9. The standard InChI is InChI=1S/C44H59N5O4/c1-2-3-4-5-6-7-8-9-10-11-12-13-14-15-16-20-42(50)53-34-49(38-26-30-52-31-27-38)44(51)36-23-21-35(22-24-36)41-32-37(25-29-46-41)39-33-47-48-43(39)40-19-17-18-28-45-40/h17-19,21-25,28-29,32-33,38H,2-16,20,26-27,30-31,34H2,1H3,(H,47,48). The predicted molar refractivity (Wildman–Crippen MR) is 211 cm³/mol. The van der Waals surface area contributed by atoms with Crippen LogP contribution in [0.2, 0.25) is 0 Å². The van der Waals surface area contributed by atoms with Gasteiger partial charge in [-0.25, -0.2) is 0 Å². The zero-order valence-electron chi connectivity index (χ0n) is 31.8. The van der Waals surface area contributed by atoms with Gasteiger partial charge < -0.3 is 14.4 Å². The Bertz CT molecular complexity index is 1640. The largest absolute Gasteiger partial charge is 0.444 e. The van der Waals surface area contributed by atoms with Gasteiger partial charge in [0.2, 0.25) is 0 Å². The average Bonchev–Trinajstić information content (AvgIpc) is 3.71. The monoisotopic (exact) mass is 721 g/mol. The third kappa shape index (κ3) is 12.9. The normalized spacial score (nSPS) is 13.2. The zero-order valence-corrected chi connectivity index (χ0v) is 31.8. The van der Waals surface area contributed by atoms with E-state index in [9.17, 15) is 9.59 Å². The number of ether oxygens (including phenoxy) is 2.